The topological polar surface area (TPSA) is 63.5 Å². The normalized spacial score (nSPS) is 20.8. The number of nitrogens with zero attached hydrogens (tertiary/aromatic N) is 5. The second-order valence-electron chi connectivity index (χ2n) is 6.73. The Hall–Kier alpha value is -2.41. The molecular weight excluding hydrogens is 318 g/mol. The van der Waals surface area contributed by atoms with Crippen molar-refractivity contribution in [2.45, 2.75) is 32.0 Å². The van der Waals surface area contributed by atoms with E-state index in [9.17, 15) is 4.79 Å². The molecule has 4 rings (SSSR count). The molecule has 2 aromatic heterocycles. The zero-order chi connectivity index (χ0) is 17.2. The smallest absolute Gasteiger partial charge is 0.222 e. The second-order valence-corrected chi connectivity index (χ2v) is 6.73. The van der Waals surface area contributed by atoms with Gasteiger partial charge in [-0.2, -0.15) is 0 Å². The van der Waals surface area contributed by atoms with Gasteiger partial charge in [-0.15, -0.1) is 0 Å². The first-order valence-corrected chi connectivity index (χ1v) is 8.73. The Morgan fingerprint density at radius 2 is 2.32 bits per heavy atom. The van der Waals surface area contributed by atoms with Gasteiger partial charge in [0.05, 0.1) is 25.2 Å². The highest BCUT2D eigenvalue weighted by molar-refractivity contribution is 5.78. The zero-order valence-electron chi connectivity index (χ0n) is 14.5. The SMILES string of the molecule is COc1ncccc1CN1Cc2cncn2[C@H](CN2CCCC2=O)C1. The van der Waals surface area contributed by atoms with Gasteiger partial charge in [0.15, 0.2) is 0 Å². The molecule has 7 heteroatoms. The number of carbonyl (C=O) groups is 1. The standard InChI is InChI=1S/C18H23N5O2/c1-25-18-14(4-2-6-20-18)9-21-10-15-8-19-13-23(15)16(11-21)12-22-7-3-5-17(22)24/h2,4,6,8,13,16H,3,5,7,9-12H2,1H3/t16-/m0/s1. The molecule has 1 atom stereocenters. The average molecular weight is 341 g/mol. The first kappa shape index (κ1) is 16.1. The molecule has 2 aromatic rings. The number of likely N-dealkylation sites (tertiary alicyclic amines) is 1. The molecule has 1 fully saturated rings. The van der Waals surface area contributed by atoms with Crippen molar-refractivity contribution in [2.75, 3.05) is 26.7 Å². The van der Waals surface area contributed by atoms with Crippen LogP contribution in [0.1, 0.15) is 30.1 Å². The van der Waals surface area contributed by atoms with Gasteiger partial charge in [-0.25, -0.2) is 9.97 Å². The third kappa shape index (κ3) is 3.24. The number of imidazole rings is 1. The number of hydrogen-bond donors (Lipinski definition) is 0. The number of amides is 1. The molecule has 0 spiro atoms. The molecule has 0 aliphatic carbocycles. The number of hydrogen-bond acceptors (Lipinski definition) is 5. The summed E-state index contributed by atoms with van der Waals surface area (Å²) in [4.78, 5) is 25.0. The number of aromatic nitrogens is 3. The van der Waals surface area contributed by atoms with Crippen LogP contribution in [0.3, 0.4) is 0 Å². The summed E-state index contributed by atoms with van der Waals surface area (Å²) in [6, 6.07) is 4.22. The molecule has 1 amide bonds. The van der Waals surface area contributed by atoms with Gasteiger partial charge in [0, 0.05) is 57.1 Å². The molecule has 0 unspecified atom stereocenters. The van der Waals surface area contributed by atoms with Crippen molar-refractivity contribution in [3.8, 4) is 5.88 Å². The van der Waals surface area contributed by atoms with Crippen molar-refractivity contribution in [2.24, 2.45) is 0 Å². The van der Waals surface area contributed by atoms with Gasteiger partial charge < -0.3 is 14.2 Å². The van der Waals surface area contributed by atoms with E-state index in [2.05, 4.69) is 25.5 Å². The Morgan fingerprint density at radius 3 is 3.12 bits per heavy atom. The van der Waals surface area contributed by atoms with E-state index in [0.717, 1.165) is 44.7 Å². The molecule has 0 saturated carbocycles. The van der Waals surface area contributed by atoms with Crippen molar-refractivity contribution in [3.05, 3.63) is 42.1 Å². The van der Waals surface area contributed by atoms with E-state index in [1.54, 1.807) is 13.3 Å². The van der Waals surface area contributed by atoms with Crippen LogP contribution in [0.25, 0.3) is 0 Å². The molecule has 0 bridgehead atoms. The lowest BCUT2D eigenvalue weighted by molar-refractivity contribution is -0.128. The number of carbonyl (C=O) groups excluding carboxylic acids is 1. The largest absolute Gasteiger partial charge is 0.481 e. The molecular formula is C18H23N5O2. The summed E-state index contributed by atoms with van der Waals surface area (Å²) in [5.74, 6) is 0.945. The maximum absolute atomic E-state index is 12.0. The van der Waals surface area contributed by atoms with Gasteiger partial charge in [0.2, 0.25) is 11.8 Å². The summed E-state index contributed by atoms with van der Waals surface area (Å²) in [7, 11) is 1.65. The second kappa shape index (κ2) is 6.84. The van der Waals surface area contributed by atoms with E-state index in [1.807, 2.05) is 23.5 Å². The minimum atomic E-state index is 0.232. The number of ether oxygens (including phenoxy) is 1. The molecule has 2 aliphatic heterocycles. The lowest BCUT2D eigenvalue weighted by atomic mass is 10.1. The summed E-state index contributed by atoms with van der Waals surface area (Å²) < 4.78 is 7.61. The molecule has 1 saturated heterocycles. The Kier molecular flexibility index (Phi) is 4.40. The van der Waals surface area contributed by atoms with Crippen LogP contribution in [0.15, 0.2) is 30.9 Å². The first-order chi connectivity index (χ1) is 12.2. The molecule has 132 valence electrons. The summed E-state index contributed by atoms with van der Waals surface area (Å²) in [5, 5.41) is 0. The van der Waals surface area contributed by atoms with Gasteiger partial charge in [-0.1, -0.05) is 6.07 Å². The fraction of sp³-hybridized carbons (Fsp3) is 0.500. The van der Waals surface area contributed by atoms with Crippen LogP contribution in [0.2, 0.25) is 0 Å². The van der Waals surface area contributed by atoms with Crippen LogP contribution in [-0.2, 0) is 17.9 Å². The summed E-state index contributed by atoms with van der Waals surface area (Å²) >= 11 is 0. The van der Waals surface area contributed by atoms with E-state index in [0.29, 0.717) is 12.3 Å². The molecule has 0 N–H and O–H groups in total. The Morgan fingerprint density at radius 1 is 1.40 bits per heavy atom. The number of methoxy groups -OCH3 is 1. The van der Waals surface area contributed by atoms with E-state index in [4.69, 9.17) is 4.74 Å². The van der Waals surface area contributed by atoms with Crippen LogP contribution in [0, 0.1) is 0 Å². The predicted molar refractivity (Wildman–Crippen MR) is 92.0 cm³/mol. The number of rotatable bonds is 5. The van der Waals surface area contributed by atoms with E-state index < -0.39 is 0 Å². The third-order valence-electron chi connectivity index (χ3n) is 5.03. The van der Waals surface area contributed by atoms with Gasteiger partial charge in [-0.3, -0.25) is 9.69 Å². The summed E-state index contributed by atoms with van der Waals surface area (Å²) in [5.41, 5.74) is 2.26. The van der Waals surface area contributed by atoms with Gasteiger partial charge in [-0.05, 0) is 12.5 Å². The molecule has 0 radical (unpaired) electrons. The summed E-state index contributed by atoms with van der Waals surface area (Å²) in [6.45, 7) is 4.11. The zero-order valence-corrected chi connectivity index (χ0v) is 14.5. The lowest BCUT2D eigenvalue weighted by Gasteiger charge is -2.36. The van der Waals surface area contributed by atoms with Gasteiger partial charge >= 0.3 is 0 Å². The van der Waals surface area contributed by atoms with Crippen molar-refractivity contribution in [3.63, 3.8) is 0 Å². The average Bonchev–Trinajstić information content (AvgIpc) is 3.25. The Labute approximate surface area is 147 Å². The highest BCUT2D eigenvalue weighted by Crippen LogP contribution is 2.26. The van der Waals surface area contributed by atoms with Crippen LogP contribution < -0.4 is 4.74 Å². The van der Waals surface area contributed by atoms with Gasteiger partial charge in [0.1, 0.15) is 0 Å². The quantitative estimate of drug-likeness (QED) is 0.824. The number of pyridine rings is 1. The fourth-order valence-corrected chi connectivity index (χ4v) is 3.85. The lowest BCUT2D eigenvalue weighted by Crippen LogP contribution is -2.42. The molecule has 25 heavy (non-hydrogen) atoms. The first-order valence-electron chi connectivity index (χ1n) is 8.73. The molecule has 7 nitrogen and oxygen atoms in total. The van der Waals surface area contributed by atoms with Crippen molar-refractivity contribution >= 4 is 5.91 Å². The monoisotopic (exact) mass is 341 g/mol. The van der Waals surface area contributed by atoms with Crippen LogP contribution in [0.4, 0.5) is 0 Å². The van der Waals surface area contributed by atoms with Crippen LogP contribution in [-0.4, -0.2) is 57.0 Å². The van der Waals surface area contributed by atoms with Crippen molar-refractivity contribution in [1.29, 1.82) is 0 Å². The predicted octanol–water partition coefficient (Wildman–Crippen LogP) is 1.47. The molecule has 4 heterocycles. The van der Waals surface area contributed by atoms with E-state index in [-0.39, 0.29) is 11.9 Å². The minimum absolute atomic E-state index is 0.232. The van der Waals surface area contributed by atoms with Crippen molar-refractivity contribution in [1.82, 2.24) is 24.3 Å². The minimum Gasteiger partial charge on any atom is -0.481 e. The molecule has 0 aromatic carbocycles. The van der Waals surface area contributed by atoms with E-state index in [1.165, 1.54) is 5.69 Å². The van der Waals surface area contributed by atoms with Crippen LogP contribution in [0.5, 0.6) is 5.88 Å². The summed E-state index contributed by atoms with van der Waals surface area (Å²) in [6.07, 6.45) is 7.21. The number of fused-ring (bicyclic) bond motifs is 1. The maximum Gasteiger partial charge on any atom is 0.222 e. The van der Waals surface area contributed by atoms with E-state index >= 15 is 0 Å². The van der Waals surface area contributed by atoms with Gasteiger partial charge in [0.25, 0.3) is 0 Å². The highest BCUT2D eigenvalue weighted by Gasteiger charge is 2.30. The Balaban J connectivity index is 1.52. The Bertz CT molecular complexity index is 759. The molecule has 2 aliphatic rings. The van der Waals surface area contributed by atoms with Crippen LogP contribution >= 0.6 is 0 Å². The highest BCUT2D eigenvalue weighted by atomic mass is 16.5. The van der Waals surface area contributed by atoms with Crippen molar-refractivity contribution < 1.29 is 9.53 Å². The third-order valence-corrected chi connectivity index (χ3v) is 5.03. The fourth-order valence-electron chi connectivity index (χ4n) is 3.85. The maximum atomic E-state index is 12.0.